The molecule has 1 aliphatic heterocycles. The van der Waals surface area contributed by atoms with Gasteiger partial charge in [0.25, 0.3) is 0 Å². The molecular formula is C16H20BrN3O. The standard InChI is InChI=1S/C16H20BrN3O/c17-14-3-4-15-13(12-14)2-5-16(19-15)18-6-1-7-20-8-10-21-11-9-20/h2-5,12H,1,6-11H2,(H,18,19). The van der Waals surface area contributed by atoms with Gasteiger partial charge in [0, 0.05) is 29.5 Å². The van der Waals surface area contributed by atoms with E-state index in [-0.39, 0.29) is 0 Å². The number of aromatic nitrogens is 1. The number of nitrogens with zero attached hydrogens (tertiary/aromatic N) is 2. The van der Waals surface area contributed by atoms with Gasteiger partial charge in [-0.25, -0.2) is 4.98 Å². The molecule has 5 heteroatoms. The van der Waals surface area contributed by atoms with Crippen LogP contribution >= 0.6 is 15.9 Å². The highest BCUT2D eigenvalue weighted by molar-refractivity contribution is 9.10. The molecule has 1 aromatic carbocycles. The van der Waals surface area contributed by atoms with E-state index in [1.807, 2.05) is 18.2 Å². The Bertz CT molecular complexity index is 599. The van der Waals surface area contributed by atoms with Gasteiger partial charge in [-0.15, -0.1) is 0 Å². The Morgan fingerprint density at radius 1 is 1.19 bits per heavy atom. The van der Waals surface area contributed by atoms with Crippen molar-refractivity contribution in [3.63, 3.8) is 0 Å². The number of benzene rings is 1. The lowest BCUT2D eigenvalue weighted by Crippen LogP contribution is -2.37. The maximum absolute atomic E-state index is 5.35. The highest BCUT2D eigenvalue weighted by Gasteiger charge is 2.09. The number of hydrogen-bond donors (Lipinski definition) is 1. The van der Waals surface area contributed by atoms with Gasteiger partial charge in [0.15, 0.2) is 0 Å². The van der Waals surface area contributed by atoms with Crippen LogP contribution in [-0.2, 0) is 4.74 Å². The summed E-state index contributed by atoms with van der Waals surface area (Å²) in [5.41, 5.74) is 1.02. The lowest BCUT2D eigenvalue weighted by Gasteiger charge is -2.26. The van der Waals surface area contributed by atoms with Gasteiger partial charge in [0.2, 0.25) is 0 Å². The van der Waals surface area contributed by atoms with E-state index in [9.17, 15) is 0 Å². The van der Waals surface area contributed by atoms with Gasteiger partial charge < -0.3 is 10.1 Å². The van der Waals surface area contributed by atoms with Crippen molar-refractivity contribution in [3.05, 3.63) is 34.8 Å². The molecule has 112 valence electrons. The van der Waals surface area contributed by atoms with Crippen molar-refractivity contribution in [1.29, 1.82) is 0 Å². The van der Waals surface area contributed by atoms with E-state index in [2.05, 4.69) is 43.3 Å². The second-order valence-electron chi connectivity index (χ2n) is 5.27. The number of morpholine rings is 1. The van der Waals surface area contributed by atoms with Crippen molar-refractivity contribution in [2.75, 3.05) is 44.7 Å². The number of pyridine rings is 1. The Labute approximate surface area is 133 Å². The van der Waals surface area contributed by atoms with Gasteiger partial charge in [-0.1, -0.05) is 15.9 Å². The Morgan fingerprint density at radius 3 is 2.90 bits per heavy atom. The molecule has 0 aliphatic carbocycles. The van der Waals surface area contributed by atoms with E-state index in [4.69, 9.17) is 4.74 Å². The van der Waals surface area contributed by atoms with Crippen LogP contribution in [-0.4, -0.2) is 49.3 Å². The van der Waals surface area contributed by atoms with Crippen LogP contribution in [0.3, 0.4) is 0 Å². The summed E-state index contributed by atoms with van der Waals surface area (Å²) in [6.45, 7) is 5.93. The Hall–Kier alpha value is -1.17. The molecule has 1 aliphatic rings. The van der Waals surface area contributed by atoms with Gasteiger partial charge in [-0.05, 0) is 43.3 Å². The van der Waals surface area contributed by atoms with Crippen LogP contribution < -0.4 is 5.32 Å². The topological polar surface area (TPSA) is 37.4 Å². The molecule has 0 amide bonds. The number of fused-ring (bicyclic) bond motifs is 1. The van der Waals surface area contributed by atoms with E-state index in [1.54, 1.807) is 0 Å². The van der Waals surface area contributed by atoms with Crippen LogP contribution in [0, 0.1) is 0 Å². The summed E-state index contributed by atoms with van der Waals surface area (Å²) >= 11 is 3.48. The molecule has 0 atom stereocenters. The molecule has 21 heavy (non-hydrogen) atoms. The molecule has 0 bridgehead atoms. The fraction of sp³-hybridized carbons (Fsp3) is 0.438. The Balaban J connectivity index is 1.49. The molecule has 3 rings (SSSR count). The molecule has 1 N–H and O–H groups in total. The second kappa shape index (κ2) is 7.20. The van der Waals surface area contributed by atoms with Gasteiger partial charge in [0.05, 0.1) is 18.7 Å². The molecule has 2 aromatic rings. The first-order valence-corrected chi connectivity index (χ1v) is 8.21. The summed E-state index contributed by atoms with van der Waals surface area (Å²) in [5, 5.41) is 4.57. The minimum atomic E-state index is 0.870. The third kappa shape index (κ3) is 4.15. The summed E-state index contributed by atoms with van der Waals surface area (Å²) in [5.74, 6) is 0.951. The Morgan fingerprint density at radius 2 is 2.05 bits per heavy atom. The molecule has 0 radical (unpaired) electrons. The second-order valence-corrected chi connectivity index (χ2v) is 6.18. The molecule has 1 saturated heterocycles. The van der Waals surface area contributed by atoms with Crippen LogP contribution in [0.1, 0.15) is 6.42 Å². The number of rotatable bonds is 5. The number of anilines is 1. The van der Waals surface area contributed by atoms with Crippen molar-refractivity contribution < 1.29 is 4.74 Å². The summed E-state index contributed by atoms with van der Waals surface area (Å²) in [4.78, 5) is 7.09. The van der Waals surface area contributed by atoms with Gasteiger partial charge in [-0.2, -0.15) is 0 Å². The molecule has 1 aromatic heterocycles. The highest BCUT2D eigenvalue weighted by Crippen LogP contribution is 2.19. The third-order valence-corrected chi connectivity index (χ3v) is 4.21. The zero-order chi connectivity index (χ0) is 14.5. The number of halogens is 1. The van der Waals surface area contributed by atoms with E-state index < -0.39 is 0 Å². The molecule has 0 unspecified atom stereocenters. The number of nitrogens with one attached hydrogen (secondary N) is 1. The fourth-order valence-corrected chi connectivity index (χ4v) is 2.92. The molecule has 0 saturated carbocycles. The van der Waals surface area contributed by atoms with E-state index in [0.717, 1.165) is 67.0 Å². The summed E-state index contributed by atoms with van der Waals surface area (Å²) in [6.07, 6.45) is 1.13. The zero-order valence-corrected chi connectivity index (χ0v) is 13.6. The van der Waals surface area contributed by atoms with Gasteiger partial charge in [-0.3, -0.25) is 4.90 Å². The van der Waals surface area contributed by atoms with Crippen LogP contribution in [0.5, 0.6) is 0 Å². The van der Waals surface area contributed by atoms with Crippen molar-refractivity contribution in [1.82, 2.24) is 9.88 Å². The van der Waals surface area contributed by atoms with E-state index >= 15 is 0 Å². The quantitative estimate of drug-likeness (QED) is 0.841. The predicted octanol–water partition coefficient (Wildman–Crippen LogP) is 3.13. The van der Waals surface area contributed by atoms with Crippen LogP contribution in [0.25, 0.3) is 10.9 Å². The monoisotopic (exact) mass is 349 g/mol. The van der Waals surface area contributed by atoms with Crippen molar-refractivity contribution in [3.8, 4) is 0 Å². The highest BCUT2D eigenvalue weighted by atomic mass is 79.9. The maximum Gasteiger partial charge on any atom is 0.126 e. The third-order valence-electron chi connectivity index (χ3n) is 3.71. The molecule has 4 nitrogen and oxygen atoms in total. The Kier molecular flexibility index (Phi) is 5.06. The summed E-state index contributed by atoms with van der Waals surface area (Å²) in [7, 11) is 0. The van der Waals surface area contributed by atoms with Crippen LogP contribution in [0.4, 0.5) is 5.82 Å². The van der Waals surface area contributed by atoms with Crippen molar-refractivity contribution in [2.24, 2.45) is 0 Å². The van der Waals surface area contributed by atoms with Gasteiger partial charge >= 0.3 is 0 Å². The van der Waals surface area contributed by atoms with E-state index in [0.29, 0.717) is 0 Å². The average molecular weight is 350 g/mol. The SMILES string of the molecule is Brc1ccc2nc(NCCCN3CCOCC3)ccc2c1. The number of hydrogen-bond acceptors (Lipinski definition) is 4. The number of ether oxygens (including phenoxy) is 1. The molecule has 0 spiro atoms. The molecule has 2 heterocycles. The largest absolute Gasteiger partial charge is 0.379 e. The maximum atomic E-state index is 5.35. The first-order valence-electron chi connectivity index (χ1n) is 7.41. The molecular weight excluding hydrogens is 330 g/mol. The minimum Gasteiger partial charge on any atom is -0.379 e. The van der Waals surface area contributed by atoms with Crippen LogP contribution in [0.2, 0.25) is 0 Å². The smallest absolute Gasteiger partial charge is 0.126 e. The zero-order valence-electron chi connectivity index (χ0n) is 12.0. The first-order chi connectivity index (χ1) is 10.3. The predicted molar refractivity (Wildman–Crippen MR) is 89.8 cm³/mol. The molecule has 1 fully saturated rings. The lowest BCUT2D eigenvalue weighted by atomic mass is 10.2. The lowest BCUT2D eigenvalue weighted by molar-refractivity contribution is 0.0378. The summed E-state index contributed by atoms with van der Waals surface area (Å²) < 4.78 is 6.44. The normalized spacial score (nSPS) is 16.2. The van der Waals surface area contributed by atoms with Crippen molar-refractivity contribution in [2.45, 2.75) is 6.42 Å². The van der Waals surface area contributed by atoms with Crippen LogP contribution in [0.15, 0.2) is 34.8 Å². The van der Waals surface area contributed by atoms with Gasteiger partial charge in [0.1, 0.15) is 5.82 Å². The summed E-state index contributed by atoms with van der Waals surface area (Å²) in [6, 6.07) is 10.3. The first kappa shape index (κ1) is 14.8. The van der Waals surface area contributed by atoms with E-state index in [1.165, 1.54) is 0 Å². The fourth-order valence-electron chi connectivity index (χ4n) is 2.54. The van der Waals surface area contributed by atoms with Crippen molar-refractivity contribution >= 4 is 32.7 Å². The minimum absolute atomic E-state index is 0.870. The average Bonchev–Trinajstić information content (AvgIpc) is 2.52.